The standard InChI is InChI=1S/C22H26ClFO8S/c1-2-30-21(27)14-9-22(31-16(10-25)17(11-26)32-22)6-5-18(14)33(28,29)19-4-3-12-7-13(24)8-15(23)20(12)19/h7-9,16-19,25-26H,2-6,10-11H2,1H3/t16-,17-,18-,19+/m1/s1. The number of carbonyl (C=O) groups is 1. The van der Waals surface area contributed by atoms with Crippen LogP contribution in [0.5, 0.6) is 0 Å². The Labute approximate surface area is 196 Å². The van der Waals surface area contributed by atoms with Crippen LogP contribution in [0.25, 0.3) is 0 Å². The van der Waals surface area contributed by atoms with Gasteiger partial charge in [-0.2, -0.15) is 0 Å². The Bertz CT molecular complexity index is 1060. The molecule has 1 heterocycles. The number of rotatable bonds is 6. The van der Waals surface area contributed by atoms with Crippen LogP contribution in [0.1, 0.15) is 42.6 Å². The zero-order valence-electron chi connectivity index (χ0n) is 18.0. The first-order chi connectivity index (χ1) is 15.7. The molecule has 1 saturated heterocycles. The van der Waals surface area contributed by atoms with Gasteiger partial charge < -0.3 is 24.4 Å². The van der Waals surface area contributed by atoms with E-state index in [1.807, 2.05) is 0 Å². The normalized spacial score (nSPS) is 28.6. The first-order valence-corrected chi connectivity index (χ1v) is 12.8. The Morgan fingerprint density at radius 3 is 2.48 bits per heavy atom. The molecule has 0 aromatic heterocycles. The van der Waals surface area contributed by atoms with E-state index in [0.717, 1.165) is 6.07 Å². The molecule has 2 N–H and O–H groups in total. The largest absolute Gasteiger partial charge is 0.463 e. The summed E-state index contributed by atoms with van der Waals surface area (Å²) in [6.45, 7) is 0.818. The van der Waals surface area contributed by atoms with E-state index in [0.29, 0.717) is 17.5 Å². The minimum absolute atomic E-state index is 0.00603. The summed E-state index contributed by atoms with van der Waals surface area (Å²) in [5.74, 6) is -2.80. The highest BCUT2D eigenvalue weighted by Crippen LogP contribution is 2.48. The number of aliphatic hydroxyl groups is 2. The number of fused-ring (bicyclic) bond motifs is 1. The summed E-state index contributed by atoms with van der Waals surface area (Å²) in [5.41, 5.74) is 0.794. The summed E-state index contributed by atoms with van der Waals surface area (Å²) in [7, 11) is -3.99. The molecule has 1 fully saturated rings. The minimum Gasteiger partial charge on any atom is -0.463 e. The van der Waals surface area contributed by atoms with Crippen LogP contribution in [0.2, 0.25) is 5.02 Å². The first-order valence-electron chi connectivity index (χ1n) is 10.8. The number of aryl methyl sites for hydroxylation is 1. The van der Waals surface area contributed by atoms with Gasteiger partial charge in [0.1, 0.15) is 18.0 Å². The summed E-state index contributed by atoms with van der Waals surface area (Å²) >= 11 is 6.23. The third kappa shape index (κ3) is 4.33. The van der Waals surface area contributed by atoms with E-state index in [1.165, 1.54) is 12.1 Å². The molecule has 0 saturated carbocycles. The lowest BCUT2D eigenvalue weighted by atomic mass is 9.94. The Hall–Kier alpha value is -1.56. The fraction of sp³-hybridized carbons (Fsp3) is 0.591. The van der Waals surface area contributed by atoms with Crippen LogP contribution in [0.15, 0.2) is 23.8 Å². The number of hydrogen-bond donors (Lipinski definition) is 2. The van der Waals surface area contributed by atoms with E-state index < -0.39 is 63.3 Å². The van der Waals surface area contributed by atoms with Gasteiger partial charge in [-0.1, -0.05) is 11.6 Å². The SMILES string of the molecule is CCOC(=O)C1=CC2(CC[C@H]1S(=O)(=O)[C@H]1CCc3cc(F)cc(Cl)c31)O[C@H](CO)[C@@H](CO)O2. The highest BCUT2D eigenvalue weighted by molar-refractivity contribution is 7.92. The quantitative estimate of drug-likeness (QED) is 0.564. The fourth-order valence-corrected chi connectivity index (χ4v) is 7.82. The van der Waals surface area contributed by atoms with Crippen molar-refractivity contribution in [1.82, 2.24) is 0 Å². The van der Waals surface area contributed by atoms with Crippen molar-refractivity contribution in [2.24, 2.45) is 0 Å². The topological polar surface area (TPSA) is 119 Å². The molecule has 33 heavy (non-hydrogen) atoms. The van der Waals surface area contributed by atoms with E-state index >= 15 is 0 Å². The Balaban J connectivity index is 1.73. The van der Waals surface area contributed by atoms with E-state index in [-0.39, 0.29) is 36.5 Å². The van der Waals surface area contributed by atoms with Crippen molar-refractivity contribution in [3.63, 3.8) is 0 Å². The summed E-state index contributed by atoms with van der Waals surface area (Å²) in [4.78, 5) is 12.8. The number of aliphatic hydroxyl groups excluding tert-OH is 2. The van der Waals surface area contributed by atoms with Gasteiger partial charge in [-0.15, -0.1) is 0 Å². The molecule has 8 nitrogen and oxygen atoms in total. The predicted octanol–water partition coefficient (Wildman–Crippen LogP) is 2.00. The zero-order chi connectivity index (χ0) is 24.0. The Morgan fingerprint density at radius 1 is 1.21 bits per heavy atom. The third-order valence-corrected chi connectivity index (χ3v) is 9.30. The van der Waals surface area contributed by atoms with Gasteiger partial charge in [-0.25, -0.2) is 17.6 Å². The van der Waals surface area contributed by atoms with Crippen LogP contribution in [-0.4, -0.2) is 67.7 Å². The minimum atomic E-state index is -3.99. The second kappa shape index (κ2) is 9.24. The maximum Gasteiger partial charge on any atom is 0.335 e. The van der Waals surface area contributed by atoms with Crippen LogP contribution < -0.4 is 0 Å². The van der Waals surface area contributed by atoms with Gasteiger partial charge in [0.05, 0.1) is 35.9 Å². The number of benzene rings is 1. The molecule has 0 radical (unpaired) electrons. The van der Waals surface area contributed by atoms with Crippen molar-refractivity contribution in [2.75, 3.05) is 19.8 Å². The number of hydrogen-bond acceptors (Lipinski definition) is 8. The van der Waals surface area contributed by atoms with Gasteiger partial charge in [-0.3, -0.25) is 0 Å². The van der Waals surface area contributed by atoms with Gasteiger partial charge in [0.25, 0.3) is 0 Å². The predicted molar refractivity (Wildman–Crippen MR) is 116 cm³/mol. The first kappa shape index (κ1) is 24.6. The van der Waals surface area contributed by atoms with Gasteiger partial charge in [0, 0.05) is 11.4 Å². The van der Waals surface area contributed by atoms with Crippen LogP contribution >= 0.6 is 11.6 Å². The molecule has 1 aromatic rings. The molecule has 0 bridgehead atoms. The molecule has 1 spiro atoms. The molecule has 11 heteroatoms. The number of esters is 1. The zero-order valence-corrected chi connectivity index (χ0v) is 19.6. The van der Waals surface area contributed by atoms with E-state index in [9.17, 15) is 27.8 Å². The second-order valence-electron chi connectivity index (χ2n) is 8.41. The molecule has 1 aromatic carbocycles. The van der Waals surface area contributed by atoms with Crippen molar-refractivity contribution in [1.29, 1.82) is 0 Å². The van der Waals surface area contributed by atoms with E-state index in [1.54, 1.807) is 6.92 Å². The highest BCUT2D eigenvalue weighted by atomic mass is 35.5. The molecule has 182 valence electrons. The molecule has 0 unspecified atom stereocenters. The van der Waals surface area contributed by atoms with Crippen molar-refractivity contribution < 1.29 is 42.0 Å². The lowest BCUT2D eigenvalue weighted by Gasteiger charge is -2.34. The van der Waals surface area contributed by atoms with Crippen molar-refractivity contribution in [3.8, 4) is 0 Å². The van der Waals surface area contributed by atoms with Gasteiger partial charge in [-0.05, 0) is 55.5 Å². The van der Waals surface area contributed by atoms with Crippen molar-refractivity contribution >= 4 is 27.4 Å². The van der Waals surface area contributed by atoms with Crippen LogP contribution in [0.4, 0.5) is 4.39 Å². The van der Waals surface area contributed by atoms with Crippen molar-refractivity contribution in [3.05, 3.63) is 45.7 Å². The molecule has 0 amide bonds. The molecule has 2 aliphatic carbocycles. The summed E-state index contributed by atoms with van der Waals surface area (Å²) in [6.07, 6.45) is 0.324. The summed E-state index contributed by atoms with van der Waals surface area (Å²) in [5, 5.41) is 16.9. The van der Waals surface area contributed by atoms with Gasteiger partial charge >= 0.3 is 5.97 Å². The van der Waals surface area contributed by atoms with Gasteiger partial charge in [0.2, 0.25) is 0 Å². The monoisotopic (exact) mass is 504 g/mol. The van der Waals surface area contributed by atoms with Crippen LogP contribution in [-0.2, 0) is 35.3 Å². The lowest BCUT2D eigenvalue weighted by molar-refractivity contribution is -0.154. The van der Waals surface area contributed by atoms with Crippen LogP contribution in [0.3, 0.4) is 0 Å². The Morgan fingerprint density at radius 2 is 1.88 bits per heavy atom. The third-order valence-electron chi connectivity index (χ3n) is 6.44. The number of sulfone groups is 1. The molecule has 4 rings (SSSR count). The smallest absolute Gasteiger partial charge is 0.335 e. The average molecular weight is 505 g/mol. The molecular formula is C22H26ClFO8S. The van der Waals surface area contributed by atoms with E-state index in [2.05, 4.69) is 0 Å². The maximum atomic E-state index is 13.8. The number of ether oxygens (including phenoxy) is 3. The van der Waals surface area contributed by atoms with Crippen molar-refractivity contribution in [2.45, 2.75) is 61.1 Å². The van der Waals surface area contributed by atoms with Crippen LogP contribution in [0, 0.1) is 5.82 Å². The molecule has 1 aliphatic heterocycles. The molecule has 3 aliphatic rings. The molecule has 4 atom stereocenters. The summed E-state index contributed by atoms with van der Waals surface area (Å²) < 4.78 is 58.1. The molecular weight excluding hydrogens is 479 g/mol. The van der Waals surface area contributed by atoms with Gasteiger partial charge in [0.15, 0.2) is 15.6 Å². The lowest BCUT2D eigenvalue weighted by Crippen LogP contribution is -2.42. The average Bonchev–Trinajstić information content (AvgIpc) is 3.35. The van der Waals surface area contributed by atoms with E-state index in [4.69, 9.17) is 25.8 Å². The highest BCUT2D eigenvalue weighted by Gasteiger charge is 2.53. The number of halogens is 2. The summed E-state index contributed by atoms with van der Waals surface area (Å²) in [6, 6.07) is 2.38. The maximum absolute atomic E-state index is 13.8. The second-order valence-corrected chi connectivity index (χ2v) is 11.1. The number of carbonyl (C=O) groups excluding carboxylic acids is 1. The Kier molecular flexibility index (Phi) is 6.88. The fourth-order valence-electron chi connectivity index (χ4n) is 4.99.